The van der Waals surface area contributed by atoms with E-state index >= 15 is 0 Å². The fourth-order valence-corrected chi connectivity index (χ4v) is 3.08. The molecule has 0 unspecified atom stereocenters. The van der Waals surface area contributed by atoms with Gasteiger partial charge in [-0.3, -0.25) is 4.98 Å². The zero-order valence-corrected chi connectivity index (χ0v) is 11.8. The average molecular weight is 308 g/mol. The number of benzene rings is 1. The van der Waals surface area contributed by atoms with Crippen molar-refractivity contribution >= 4 is 21.6 Å². The van der Waals surface area contributed by atoms with Gasteiger partial charge < -0.3 is 0 Å². The van der Waals surface area contributed by atoms with Gasteiger partial charge in [-0.25, -0.2) is 13.1 Å². The summed E-state index contributed by atoms with van der Waals surface area (Å²) in [4.78, 5) is 3.96. The Balaban J connectivity index is 2.21. The van der Waals surface area contributed by atoms with Crippen molar-refractivity contribution in [1.82, 2.24) is 9.71 Å². The molecule has 0 atom stereocenters. The normalized spacial score (nSPS) is 11.0. The van der Waals surface area contributed by atoms with Gasteiger partial charge in [-0.15, -0.1) is 0 Å². The summed E-state index contributed by atoms with van der Waals surface area (Å²) < 4.78 is 26.7. The second kappa shape index (κ2) is 6.01. The zero-order valence-electron chi connectivity index (χ0n) is 10.2. The van der Waals surface area contributed by atoms with Crippen LogP contribution in [0.3, 0.4) is 0 Å². The van der Waals surface area contributed by atoms with E-state index in [0.717, 1.165) is 0 Å². The largest absolute Gasteiger partial charge is 0.260 e. The molecular weight excluding hydrogens is 298 g/mol. The lowest BCUT2D eigenvalue weighted by molar-refractivity contribution is 0.580. The van der Waals surface area contributed by atoms with Crippen LogP contribution in [0.15, 0.2) is 47.5 Å². The van der Waals surface area contributed by atoms with Crippen molar-refractivity contribution in [3.05, 3.63) is 58.9 Å². The van der Waals surface area contributed by atoms with Crippen molar-refractivity contribution in [2.45, 2.75) is 11.4 Å². The zero-order chi connectivity index (χ0) is 14.6. The number of hydrogen-bond acceptors (Lipinski definition) is 4. The Morgan fingerprint density at radius 1 is 1.30 bits per heavy atom. The van der Waals surface area contributed by atoms with Crippen molar-refractivity contribution in [1.29, 1.82) is 5.26 Å². The second-order valence-corrected chi connectivity index (χ2v) is 6.05. The Morgan fingerprint density at radius 2 is 2.10 bits per heavy atom. The maximum absolute atomic E-state index is 12.1. The molecule has 0 aliphatic heterocycles. The highest BCUT2D eigenvalue weighted by Crippen LogP contribution is 2.22. The molecule has 1 aromatic carbocycles. The topological polar surface area (TPSA) is 82.8 Å². The number of pyridine rings is 1. The molecule has 2 rings (SSSR count). The molecule has 0 saturated carbocycles. The third-order valence-electron chi connectivity index (χ3n) is 2.52. The molecule has 0 radical (unpaired) electrons. The van der Waals surface area contributed by atoms with Gasteiger partial charge in [0.25, 0.3) is 0 Å². The standard InChI is InChI=1S/C13H10ClN3O2S/c14-12-7-10(8-15)4-5-13(12)20(18,19)17-9-11-3-1-2-6-16-11/h1-7,17H,9H2. The predicted molar refractivity (Wildman–Crippen MR) is 74.4 cm³/mol. The van der Waals surface area contributed by atoms with Gasteiger partial charge in [0, 0.05) is 6.20 Å². The number of nitrogens with one attached hydrogen (secondary N) is 1. The molecule has 102 valence electrons. The van der Waals surface area contributed by atoms with Crippen LogP contribution in [0.4, 0.5) is 0 Å². The Hall–Kier alpha value is -1.94. The highest BCUT2D eigenvalue weighted by molar-refractivity contribution is 7.89. The molecule has 1 aromatic heterocycles. The third kappa shape index (κ3) is 3.33. The summed E-state index contributed by atoms with van der Waals surface area (Å²) >= 11 is 5.89. The number of sulfonamides is 1. The van der Waals surface area contributed by atoms with E-state index in [9.17, 15) is 8.42 Å². The van der Waals surface area contributed by atoms with Gasteiger partial charge in [0.15, 0.2) is 0 Å². The Morgan fingerprint density at radius 3 is 2.70 bits per heavy atom. The van der Waals surface area contributed by atoms with Gasteiger partial charge in [-0.1, -0.05) is 17.7 Å². The first-order chi connectivity index (χ1) is 9.53. The van der Waals surface area contributed by atoms with E-state index in [2.05, 4.69) is 9.71 Å². The number of nitriles is 1. The van der Waals surface area contributed by atoms with Crippen molar-refractivity contribution in [3.8, 4) is 6.07 Å². The first kappa shape index (κ1) is 14.5. The fraction of sp³-hybridized carbons (Fsp3) is 0.0769. The minimum Gasteiger partial charge on any atom is -0.260 e. The molecule has 0 spiro atoms. The van der Waals surface area contributed by atoms with Crippen LogP contribution < -0.4 is 4.72 Å². The summed E-state index contributed by atoms with van der Waals surface area (Å²) in [6, 6.07) is 11.1. The third-order valence-corrected chi connectivity index (χ3v) is 4.40. The Bertz CT molecular complexity index is 755. The number of hydrogen-bond donors (Lipinski definition) is 1. The smallest absolute Gasteiger partial charge is 0.242 e. The van der Waals surface area contributed by atoms with E-state index in [4.69, 9.17) is 16.9 Å². The molecule has 1 heterocycles. The summed E-state index contributed by atoms with van der Waals surface area (Å²) in [5.74, 6) is 0. The number of aromatic nitrogens is 1. The van der Waals surface area contributed by atoms with Crippen LogP contribution in [0, 0.1) is 11.3 Å². The average Bonchev–Trinajstić information content (AvgIpc) is 2.46. The van der Waals surface area contributed by atoms with Crippen LogP contribution >= 0.6 is 11.6 Å². The van der Waals surface area contributed by atoms with Crippen LogP contribution in [0.5, 0.6) is 0 Å². The number of nitrogens with zero attached hydrogens (tertiary/aromatic N) is 2. The van der Waals surface area contributed by atoms with Crippen molar-refractivity contribution in [2.24, 2.45) is 0 Å². The monoisotopic (exact) mass is 307 g/mol. The van der Waals surface area contributed by atoms with Crippen LogP contribution in [-0.2, 0) is 16.6 Å². The molecular formula is C13H10ClN3O2S. The summed E-state index contributed by atoms with van der Waals surface area (Å²) in [5, 5.41) is 8.74. The van der Waals surface area contributed by atoms with Crippen LogP contribution in [0.1, 0.15) is 11.3 Å². The second-order valence-electron chi connectivity index (χ2n) is 3.90. The Kier molecular flexibility index (Phi) is 4.35. The summed E-state index contributed by atoms with van der Waals surface area (Å²) in [5.41, 5.74) is 0.902. The van der Waals surface area contributed by atoms with Crippen LogP contribution in [0.25, 0.3) is 0 Å². The SMILES string of the molecule is N#Cc1ccc(S(=O)(=O)NCc2ccccn2)c(Cl)c1. The highest BCUT2D eigenvalue weighted by atomic mass is 35.5. The molecule has 2 aromatic rings. The molecule has 0 aliphatic rings. The number of rotatable bonds is 4. The quantitative estimate of drug-likeness (QED) is 0.937. The van der Waals surface area contributed by atoms with E-state index < -0.39 is 10.0 Å². The predicted octanol–water partition coefficient (Wildman–Crippen LogP) is 2.09. The molecule has 5 nitrogen and oxygen atoms in total. The maximum Gasteiger partial charge on any atom is 0.242 e. The van der Waals surface area contributed by atoms with E-state index in [1.807, 2.05) is 6.07 Å². The van der Waals surface area contributed by atoms with Crippen molar-refractivity contribution in [2.75, 3.05) is 0 Å². The van der Waals surface area contributed by atoms with Crippen LogP contribution in [0.2, 0.25) is 5.02 Å². The summed E-state index contributed by atoms with van der Waals surface area (Å²) in [7, 11) is -3.75. The lowest BCUT2D eigenvalue weighted by Gasteiger charge is -2.08. The van der Waals surface area contributed by atoms with Gasteiger partial charge in [-0.2, -0.15) is 5.26 Å². The van der Waals surface area contributed by atoms with Crippen molar-refractivity contribution < 1.29 is 8.42 Å². The molecule has 0 bridgehead atoms. The van der Waals surface area contributed by atoms with Crippen molar-refractivity contribution in [3.63, 3.8) is 0 Å². The van der Waals surface area contributed by atoms with Gasteiger partial charge in [0.2, 0.25) is 10.0 Å². The van der Waals surface area contributed by atoms with Gasteiger partial charge >= 0.3 is 0 Å². The lowest BCUT2D eigenvalue weighted by atomic mass is 10.2. The molecule has 7 heteroatoms. The minimum absolute atomic E-state index is 0.0116. The first-order valence-electron chi connectivity index (χ1n) is 5.62. The molecule has 1 N–H and O–H groups in total. The minimum atomic E-state index is -3.75. The van der Waals surface area contributed by atoms with Crippen LogP contribution in [-0.4, -0.2) is 13.4 Å². The highest BCUT2D eigenvalue weighted by Gasteiger charge is 2.18. The molecule has 20 heavy (non-hydrogen) atoms. The first-order valence-corrected chi connectivity index (χ1v) is 7.48. The lowest BCUT2D eigenvalue weighted by Crippen LogP contribution is -2.24. The molecule has 0 aliphatic carbocycles. The maximum atomic E-state index is 12.1. The molecule has 0 amide bonds. The van der Waals surface area contributed by atoms with Gasteiger partial charge in [0.1, 0.15) is 4.90 Å². The fourth-order valence-electron chi connectivity index (χ4n) is 1.54. The van der Waals surface area contributed by atoms with E-state index in [1.165, 1.54) is 18.2 Å². The molecule has 0 saturated heterocycles. The summed E-state index contributed by atoms with van der Waals surface area (Å²) in [6.45, 7) is 0.0690. The van der Waals surface area contributed by atoms with E-state index in [1.54, 1.807) is 24.4 Å². The van der Waals surface area contributed by atoms with E-state index in [-0.39, 0.29) is 16.5 Å². The van der Waals surface area contributed by atoms with Gasteiger partial charge in [-0.05, 0) is 30.3 Å². The van der Waals surface area contributed by atoms with E-state index in [0.29, 0.717) is 11.3 Å². The number of halogens is 1. The van der Waals surface area contributed by atoms with Gasteiger partial charge in [0.05, 0.1) is 28.9 Å². The molecule has 0 fully saturated rings. The Labute approximate surface area is 121 Å². The summed E-state index contributed by atoms with van der Waals surface area (Å²) in [6.07, 6.45) is 1.58.